The summed E-state index contributed by atoms with van der Waals surface area (Å²) in [6, 6.07) is 5.27. The number of nitrogens with zero attached hydrogens (tertiary/aromatic N) is 1. The van der Waals surface area contributed by atoms with Crippen molar-refractivity contribution < 1.29 is 13.2 Å². The van der Waals surface area contributed by atoms with E-state index in [4.69, 9.17) is 20.7 Å². The molecule has 6 heteroatoms. The molecule has 1 aromatic rings. The number of hydrogen-bond acceptors (Lipinski definition) is 4. The fraction of sp³-hybridized carbons (Fsp3) is 0.462. The minimum Gasteiger partial charge on any atom is -0.493 e. The average molecular weight is 302 g/mol. The highest BCUT2D eigenvalue weighted by Gasteiger charge is 2.15. The number of unbranched alkanes of at least 4 members (excludes halogenated alkanes) is 2. The summed E-state index contributed by atoms with van der Waals surface area (Å²) in [5, 5.41) is 8.41. The Labute approximate surface area is 118 Å². The Morgan fingerprint density at radius 3 is 2.53 bits per heavy atom. The second-order valence-corrected chi connectivity index (χ2v) is 6.82. The molecule has 0 fully saturated rings. The molecule has 0 heterocycles. The molecule has 0 atom stereocenters. The van der Waals surface area contributed by atoms with Crippen LogP contribution in [0.2, 0.25) is 0 Å². The topological polar surface area (TPSA) is 67.2 Å². The first-order chi connectivity index (χ1) is 8.86. The van der Waals surface area contributed by atoms with E-state index in [1.807, 2.05) is 0 Å². The summed E-state index contributed by atoms with van der Waals surface area (Å²) in [6.45, 7) is 3.96. The molecule has 1 aromatic carbocycles. The second-order valence-electron chi connectivity index (χ2n) is 4.28. The first-order valence-corrected chi connectivity index (χ1v) is 8.23. The Kier molecular flexibility index (Phi) is 5.64. The van der Waals surface area contributed by atoms with Gasteiger partial charge in [0.05, 0.1) is 17.6 Å². The summed E-state index contributed by atoms with van der Waals surface area (Å²) in [7, 11) is 1.63. The fourth-order valence-corrected chi connectivity index (χ4v) is 2.93. The summed E-state index contributed by atoms with van der Waals surface area (Å²) in [4.78, 5) is 0.114. The summed E-state index contributed by atoms with van der Waals surface area (Å²) < 4.78 is 28.3. The minimum atomic E-state index is -3.72. The van der Waals surface area contributed by atoms with Gasteiger partial charge in [-0.25, -0.2) is 8.42 Å². The lowest BCUT2D eigenvalue weighted by Gasteiger charge is -2.11. The predicted octanol–water partition coefficient (Wildman–Crippen LogP) is 3.30. The summed E-state index contributed by atoms with van der Waals surface area (Å²) >= 11 is 0. The molecule has 0 N–H and O–H groups in total. The van der Waals surface area contributed by atoms with E-state index in [1.165, 1.54) is 6.07 Å². The molecule has 0 aliphatic rings. The molecule has 0 saturated heterocycles. The Balaban J connectivity index is 2.77. The van der Waals surface area contributed by atoms with Crippen molar-refractivity contribution >= 4 is 19.7 Å². The number of aryl methyl sites for hydroxylation is 2. The SMILES string of the molecule is Cc1cc(S(=O)(=O)Cl)c(C)cc1OCCCCC#N. The van der Waals surface area contributed by atoms with Crippen LogP contribution >= 0.6 is 10.7 Å². The molecule has 0 saturated carbocycles. The van der Waals surface area contributed by atoms with Crippen molar-refractivity contribution in [2.45, 2.75) is 38.0 Å². The third-order valence-corrected chi connectivity index (χ3v) is 4.14. The number of rotatable bonds is 6. The second kappa shape index (κ2) is 6.78. The number of hydrogen-bond donors (Lipinski definition) is 0. The molecule has 0 amide bonds. The summed E-state index contributed by atoms with van der Waals surface area (Å²) in [5.41, 5.74) is 1.29. The van der Waals surface area contributed by atoms with Crippen LogP contribution in [0.5, 0.6) is 5.75 Å². The van der Waals surface area contributed by atoms with Crippen LogP contribution in [-0.4, -0.2) is 15.0 Å². The predicted molar refractivity (Wildman–Crippen MR) is 73.9 cm³/mol. The van der Waals surface area contributed by atoms with Crippen LogP contribution in [0.4, 0.5) is 0 Å². The van der Waals surface area contributed by atoms with E-state index in [1.54, 1.807) is 19.9 Å². The lowest BCUT2D eigenvalue weighted by Crippen LogP contribution is -2.02. The molecule has 0 aliphatic heterocycles. The molecular weight excluding hydrogens is 286 g/mol. The average Bonchev–Trinajstić information content (AvgIpc) is 2.31. The molecule has 0 unspecified atom stereocenters. The zero-order chi connectivity index (χ0) is 14.5. The highest BCUT2D eigenvalue weighted by molar-refractivity contribution is 8.13. The smallest absolute Gasteiger partial charge is 0.261 e. The number of nitriles is 1. The van der Waals surface area contributed by atoms with Gasteiger partial charge in [0.1, 0.15) is 5.75 Å². The van der Waals surface area contributed by atoms with Crippen LogP contribution in [0.15, 0.2) is 17.0 Å². The third kappa shape index (κ3) is 4.73. The van der Waals surface area contributed by atoms with Gasteiger partial charge in [-0.3, -0.25) is 0 Å². The molecule has 19 heavy (non-hydrogen) atoms. The van der Waals surface area contributed by atoms with Gasteiger partial charge in [0.15, 0.2) is 0 Å². The highest BCUT2D eigenvalue weighted by atomic mass is 35.7. The van der Waals surface area contributed by atoms with Crippen LogP contribution in [0.3, 0.4) is 0 Å². The van der Waals surface area contributed by atoms with Crippen LogP contribution in [0.25, 0.3) is 0 Å². The number of ether oxygens (including phenoxy) is 1. The maximum Gasteiger partial charge on any atom is 0.261 e. The van der Waals surface area contributed by atoms with Gasteiger partial charge >= 0.3 is 0 Å². The zero-order valence-corrected chi connectivity index (χ0v) is 12.5. The summed E-state index contributed by atoms with van der Waals surface area (Å²) in [5.74, 6) is 0.651. The van der Waals surface area contributed by atoms with Crippen molar-refractivity contribution in [1.29, 1.82) is 5.26 Å². The van der Waals surface area contributed by atoms with E-state index < -0.39 is 9.05 Å². The molecule has 0 aromatic heterocycles. The van der Waals surface area contributed by atoms with Crippen molar-refractivity contribution in [3.63, 3.8) is 0 Å². The van der Waals surface area contributed by atoms with E-state index in [0.29, 0.717) is 24.3 Å². The molecule has 0 spiro atoms. The van der Waals surface area contributed by atoms with Crippen molar-refractivity contribution in [3.05, 3.63) is 23.3 Å². The Morgan fingerprint density at radius 1 is 1.26 bits per heavy atom. The first kappa shape index (κ1) is 15.8. The largest absolute Gasteiger partial charge is 0.493 e. The van der Waals surface area contributed by atoms with E-state index in [-0.39, 0.29) is 4.90 Å². The fourth-order valence-electron chi connectivity index (χ4n) is 1.67. The van der Waals surface area contributed by atoms with Crippen molar-refractivity contribution in [2.24, 2.45) is 0 Å². The molecule has 0 aliphatic carbocycles. The van der Waals surface area contributed by atoms with E-state index in [9.17, 15) is 8.42 Å². The van der Waals surface area contributed by atoms with Gasteiger partial charge in [-0.2, -0.15) is 5.26 Å². The van der Waals surface area contributed by atoms with Gasteiger partial charge < -0.3 is 4.74 Å². The molecule has 0 radical (unpaired) electrons. The van der Waals surface area contributed by atoms with Gasteiger partial charge in [-0.05, 0) is 49.9 Å². The van der Waals surface area contributed by atoms with Crippen molar-refractivity contribution in [2.75, 3.05) is 6.61 Å². The molecule has 0 bridgehead atoms. The van der Waals surface area contributed by atoms with E-state index in [2.05, 4.69) is 6.07 Å². The molecular formula is C13H16ClNO3S. The van der Waals surface area contributed by atoms with Crippen LogP contribution in [0.1, 0.15) is 30.4 Å². The summed E-state index contributed by atoms with van der Waals surface area (Å²) in [6.07, 6.45) is 2.11. The van der Waals surface area contributed by atoms with Crippen LogP contribution in [0, 0.1) is 25.2 Å². The maximum atomic E-state index is 11.3. The molecule has 1 rings (SSSR count). The number of halogens is 1. The van der Waals surface area contributed by atoms with Crippen LogP contribution < -0.4 is 4.74 Å². The third-order valence-electron chi connectivity index (χ3n) is 2.68. The van der Waals surface area contributed by atoms with Gasteiger partial charge in [-0.15, -0.1) is 0 Å². The van der Waals surface area contributed by atoms with Crippen molar-refractivity contribution in [1.82, 2.24) is 0 Å². The number of benzene rings is 1. The Morgan fingerprint density at radius 2 is 1.95 bits per heavy atom. The van der Waals surface area contributed by atoms with E-state index in [0.717, 1.165) is 18.4 Å². The zero-order valence-electron chi connectivity index (χ0n) is 10.9. The normalized spacial score (nSPS) is 11.1. The van der Waals surface area contributed by atoms with Gasteiger partial charge in [0.25, 0.3) is 9.05 Å². The van der Waals surface area contributed by atoms with Crippen LogP contribution in [-0.2, 0) is 9.05 Å². The standard InChI is InChI=1S/C13H16ClNO3S/c1-10-9-13(19(14,16)17)11(2)8-12(10)18-7-5-3-4-6-15/h8-9H,3-5,7H2,1-2H3. The van der Waals surface area contributed by atoms with E-state index >= 15 is 0 Å². The maximum absolute atomic E-state index is 11.3. The Bertz CT molecular complexity index is 591. The van der Waals surface area contributed by atoms with Gasteiger partial charge in [-0.1, -0.05) is 0 Å². The molecule has 104 valence electrons. The Hall–Kier alpha value is -1.25. The first-order valence-electron chi connectivity index (χ1n) is 5.92. The highest BCUT2D eigenvalue weighted by Crippen LogP contribution is 2.28. The van der Waals surface area contributed by atoms with Gasteiger partial charge in [0.2, 0.25) is 0 Å². The molecule has 4 nitrogen and oxygen atoms in total. The van der Waals surface area contributed by atoms with Gasteiger partial charge in [0, 0.05) is 17.1 Å². The minimum absolute atomic E-state index is 0.114. The monoisotopic (exact) mass is 301 g/mol. The quantitative estimate of drug-likeness (QED) is 0.597. The lowest BCUT2D eigenvalue weighted by atomic mass is 10.1. The lowest BCUT2D eigenvalue weighted by molar-refractivity contribution is 0.305. The van der Waals surface area contributed by atoms with Crippen molar-refractivity contribution in [3.8, 4) is 11.8 Å².